The number of nitrogens with two attached hydrogens (primary N) is 2. The van der Waals surface area contributed by atoms with Gasteiger partial charge in [-0.1, -0.05) is 66.7 Å². The van der Waals surface area contributed by atoms with Crippen LogP contribution in [0.25, 0.3) is 0 Å². The van der Waals surface area contributed by atoms with Crippen LogP contribution in [-0.4, -0.2) is 50.1 Å². The van der Waals surface area contributed by atoms with Crippen LogP contribution in [0.3, 0.4) is 0 Å². The van der Waals surface area contributed by atoms with Gasteiger partial charge in [-0.2, -0.15) is 0 Å². The third-order valence-corrected chi connectivity index (χ3v) is 5.48. The lowest BCUT2D eigenvalue weighted by molar-refractivity contribution is -0.122. The van der Waals surface area contributed by atoms with Gasteiger partial charge < -0.3 is 27.0 Å². The maximum Gasteiger partial charge on any atom is 0.237 e. The fraction of sp³-hybridized carbons (Fsp3) is 0.320. The van der Waals surface area contributed by atoms with E-state index in [1.807, 2.05) is 42.3 Å². The molecule has 0 fully saturated rings. The standard InChI is InChI=1S/C25H34Cl2FN5O/c1-18(22(27)9-10-23(28)19(2)26)17-33(14-13-31-3)21(16-29)15-24(30)25(34)32-12-11-20-7-5-4-6-8-20/h4-10,16,24,31H,1-2,11-15,17,29-30H2,3H3,(H,32,34)/b21-16+,22-9+,23-10+. The van der Waals surface area contributed by atoms with Gasteiger partial charge >= 0.3 is 0 Å². The Bertz CT molecular complexity index is 915. The predicted molar refractivity (Wildman–Crippen MR) is 141 cm³/mol. The van der Waals surface area contributed by atoms with Crippen LogP contribution in [0.5, 0.6) is 0 Å². The van der Waals surface area contributed by atoms with Gasteiger partial charge in [0.2, 0.25) is 5.91 Å². The van der Waals surface area contributed by atoms with Crippen LogP contribution in [0.4, 0.5) is 4.39 Å². The molecule has 0 aliphatic rings. The van der Waals surface area contributed by atoms with E-state index in [0.717, 1.165) is 11.6 Å². The minimum absolute atomic E-state index is 0.216. The number of amides is 1. The van der Waals surface area contributed by atoms with Crippen molar-refractivity contribution < 1.29 is 9.18 Å². The molecule has 0 spiro atoms. The van der Waals surface area contributed by atoms with Gasteiger partial charge in [0.05, 0.1) is 11.1 Å². The molecule has 0 aliphatic carbocycles. The number of likely N-dealkylation sites (N-methyl/N-ethyl adjacent to an activating group) is 1. The van der Waals surface area contributed by atoms with Crippen molar-refractivity contribution in [2.75, 3.05) is 33.2 Å². The molecule has 34 heavy (non-hydrogen) atoms. The van der Waals surface area contributed by atoms with Crippen molar-refractivity contribution in [3.63, 3.8) is 0 Å². The summed E-state index contributed by atoms with van der Waals surface area (Å²) in [5.41, 5.74) is 14.4. The highest BCUT2D eigenvalue weighted by Crippen LogP contribution is 2.20. The number of carbonyl (C=O) groups is 1. The molecule has 1 aromatic rings. The van der Waals surface area contributed by atoms with E-state index in [9.17, 15) is 9.18 Å². The average molecular weight is 510 g/mol. The molecule has 1 unspecified atom stereocenters. The summed E-state index contributed by atoms with van der Waals surface area (Å²) in [4.78, 5) is 14.4. The second kappa shape index (κ2) is 16.1. The van der Waals surface area contributed by atoms with Gasteiger partial charge in [-0.3, -0.25) is 4.79 Å². The number of benzene rings is 1. The molecule has 9 heteroatoms. The van der Waals surface area contributed by atoms with Gasteiger partial charge in [-0.05, 0) is 36.8 Å². The number of allylic oxidation sites excluding steroid dienone is 4. The van der Waals surface area contributed by atoms with Crippen LogP contribution >= 0.6 is 23.2 Å². The minimum Gasteiger partial charge on any atom is -0.403 e. The van der Waals surface area contributed by atoms with Crippen molar-refractivity contribution in [2.45, 2.75) is 18.9 Å². The Morgan fingerprint density at radius 1 is 1.21 bits per heavy atom. The van der Waals surface area contributed by atoms with Crippen molar-refractivity contribution in [3.05, 3.63) is 94.6 Å². The lowest BCUT2D eigenvalue weighted by Crippen LogP contribution is -2.43. The van der Waals surface area contributed by atoms with Crippen LogP contribution < -0.4 is 22.1 Å². The van der Waals surface area contributed by atoms with E-state index in [4.69, 9.17) is 34.7 Å². The molecule has 0 saturated carbocycles. The zero-order valence-electron chi connectivity index (χ0n) is 19.5. The molecule has 0 heterocycles. The van der Waals surface area contributed by atoms with Crippen LogP contribution in [0, 0.1) is 0 Å². The van der Waals surface area contributed by atoms with Crippen molar-refractivity contribution in [3.8, 4) is 0 Å². The van der Waals surface area contributed by atoms with Gasteiger partial charge in [0, 0.05) is 49.5 Å². The van der Waals surface area contributed by atoms with Crippen LogP contribution in [0.2, 0.25) is 0 Å². The van der Waals surface area contributed by atoms with Crippen LogP contribution in [-0.2, 0) is 11.2 Å². The number of nitrogens with zero attached hydrogens (tertiary/aromatic N) is 1. The van der Waals surface area contributed by atoms with Crippen molar-refractivity contribution in [1.29, 1.82) is 0 Å². The number of hydrogen-bond acceptors (Lipinski definition) is 5. The first-order valence-corrected chi connectivity index (χ1v) is 11.6. The summed E-state index contributed by atoms with van der Waals surface area (Å²) in [6, 6.07) is 9.08. The molecule has 6 nitrogen and oxygen atoms in total. The summed E-state index contributed by atoms with van der Waals surface area (Å²) in [5, 5.41) is 5.97. The van der Waals surface area contributed by atoms with E-state index in [-0.39, 0.29) is 22.4 Å². The zero-order chi connectivity index (χ0) is 25.5. The van der Waals surface area contributed by atoms with E-state index < -0.39 is 11.9 Å². The predicted octanol–water partition coefficient (Wildman–Crippen LogP) is 3.67. The van der Waals surface area contributed by atoms with E-state index in [1.165, 1.54) is 12.3 Å². The van der Waals surface area contributed by atoms with Gasteiger partial charge in [-0.15, -0.1) is 0 Å². The molecule has 0 aliphatic heterocycles. The minimum atomic E-state index is -0.784. The largest absolute Gasteiger partial charge is 0.403 e. The first kappa shape index (κ1) is 29.5. The average Bonchev–Trinajstić information content (AvgIpc) is 2.83. The molecule has 186 valence electrons. The summed E-state index contributed by atoms with van der Waals surface area (Å²) < 4.78 is 13.6. The number of carbonyl (C=O) groups excluding carboxylic acids is 1. The zero-order valence-corrected chi connectivity index (χ0v) is 21.0. The van der Waals surface area contributed by atoms with Gasteiger partial charge in [0.25, 0.3) is 0 Å². The summed E-state index contributed by atoms with van der Waals surface area (Å²) in [7, 11) is 1.82. The Morgan fingerprint density at radius 3 is 2.47 bits per heavy atom. The number of nitrogens with one attached hydrogen (secondary N) is 2. The van der Waals surface area contributed by atoms with Crippen LogP contribution in [0.1, 0.15) is 12.0 Å². The smallest absolute Gasteiger partial charge is 0.237 e. The number of rotatable bonds is 15. The molecule has 1 amide bonds. The Kier molecular flexibility index (Phi) is 14.0. The Balaban J connectivity index is 2.77. The second-order valence-corrected chi connectivity index (χ2v) is 8.42. The number of hydrogen-bond donors (Lipinski definition) is 4. The molecule has 1 aromatic carbocycles. The summed E-state index contributed by atoms with van der Waals surface area (Å²) >= 11 is 11.8. The van der Waals surface area contributed by atoms with E-state index >= 15 is 0 Å². The van der Waals surface area contributed by atoms with E-state index in [2.05, 4.69) is 23.8 Å². The third-order valence-electron chi connectivity index (χ3n) is 4.91. The quantitative estimate of drug-likeness (QED) is 0.270. The topological polar surface area (TPSA) is 96.4 Å². The van der Waals surface area contributed by atoms with Gasteiger partial charge in [-0.25, -0.2) is 4.39 Å². The highest BCUT2D eigenvalue weighted by Gasteiger charge is 2.19. The van der Waals surface area contributed by atoms with Gasteiger partial charge in [0.15, 0.2) is 0 Å². The van der Waals surface area contributed by atoms with Gasteiger partial charge in [0.1, 0.15) is 5.83 Å². The van der Waals surface area contributed by atoms with E-state index in [0.29, 0.717) is 43.9 Å². The molecule has 0 aromatic heterocycles. The molecule has 1 rings (SSSR count). The number of halogens is 3. The SMILES string of the molecule is C=C(Cl)/C(F)=C\C=C(\Cl)C(=C)CN(CCNC)/C(=C/N)CC(N)C(=O)NCCc1ccccc1. The molecule has 0 bridgehead atoms. The molecule has 0 radical (unpaired) electrons. The third kappa shape index (κ3) is 11.0. The second-order valence-electron chi connectivity index (χ2n) is 7.56. The summed E-state index contributed by atoms with van der Waals surface area (Å²) in [6.07, 6.45) is 4.85. The molecule has 0 saturated heterocycles. The molecule has 6 N–H and O–H groups in total. The first-order valence-electron chi connectivity index (χ1n) is 10.8. The monoisotopic (exact) mass is 509 g/mol. The molecular weight excluding hydrogens is 476 g/mol. The molecule has 1 atom stereocenters. The highest BCUT2D eigenvalue weighted by molar-refractivity contribution is 6.32. The lowest BCUT2D eigenvalue weighted by atomic mass is 10.1. The molecular formula is C25H34Cl2FN5O. The van der Waals surface area contributed by atoms with Crippen molar-refractivity contribution in [1.82, 2.24) is 15.5 Å². The summed E-state index contributed by atoms with van der Waals surface area (Å²) in [5.74, 6) is -0.950. The fourth-order valence-corrected chi connectivity index (χ4v) is 3.14. The normalized spacial score (nSPS) is 13.4. The Morgan fingerprint density at radius 2 is 1.88 bits per heavy atom. The van der Waals surface area contributed by atoms with Crippen molar-refractivity contribution in [2.24, 2.45) is 11.5 Å². The van der Waals surface area contributed by atoms with E-state index in [1.54, 1.807) is 0 Å². The Hall–Kier alpha value is -2.58. The van der Waals surface area contributed by atoms with Crippen LogP contribution in [0.15, 0.2) is 89.0 Å². The Labute approximate surface area is 211 Å². The van der Waals surface area contributed by atoms with Crippen molar-refractivity contribution >= 4 is 29.1 Å². The first-order chi connectivity index (χ1) is 16.2. The highest BCUT2D eigenvalue weighted by atomic mass is 35.5. The lowest BCUT2D eigenvalue weighted by Gasteiger charge is -2.29. The maximum absolute atomic E-state index is 13.6. The summed E-state index contributed by atoms with van der Waals surface area (Å²) in [6.45, 7) is 9.29. The fourth-order valence-electron chi connectivity index (χ4n) is 2.96. The maximum atomic E-state index is 13.6.